The first kappa shape index (κ1) is 24.8. The number of hydrogen-bond acceptors (Lipinski definition) is 7. The van der Waals surface area contributed by atoms with Crippen molar-refractivity contribution in [2.75, 3.05) is 26.2 Å². The molecule has 0 unspecified atom stereocenters. The molecule has 0 saturated carbocycles. The second-order valence-electron chi connectivity index (χ2n) is 9.48. The molecule has 0 N–H and O–H groups in total. The number of amides is 2. The van der Waals surface area contributed by atoms with E-state index in [1.54, 1.807) is 27.3 Å². The Morgan fingerprint density at radius 1 is 1.29 bits per heavy atom. The van der Waals surface area contributed by atoms with E-state index >= 15 is 0 Å². The normalized spacial score (nSPS) is 23.9. The van der Waals surface area contributed by atoms with Gasteiger partial charge in [0, 0.05) is 37.2 Å². The maximum absolute atomic E-state index is 13.5. The van der Waals surface area contributed by atoms with E-state index in [0.717, 1.165) is 16.4 Å². The fraction of sp³-hybridized carbons (Fsp3) is 0.600. The highest BCUT2D eigenvalue weighted by atomic mass is 32.1. The molecule has 0 bridgehead atoms. The summed E-state index contributed by atoms with van der Waals surface area (Å²) in [6, 6.07) is 5.70. The molecule has 9 heteroatoms. The van der Waals surface area contributed by atoms with Crippen LogP contribution >= 0.6 is 11.3 Å². The van der Waals surface area contributed by atoms with E-state index in [9.17, 15) is 9.59 Å². The number of carbonyl (C=O) groups is 2. The zero-order valence-electron chi connectivity index (χ0n) is 20.2. The molecule has 8 nitrogen and oxygen atoms in total. The van der Waals surface area contributed by atoms with Gasteiger partial charge in [0.05, 0.1) is 48.3 Å². The predicted octanol–water partition coefficient (Wildman–Crippen LogP) is 3.05. The van der Waals surface area contributed by atoms with Crippen LogP contribution in [0, 0.1) is 18.8 Å². The van der Waals surface area contributed by atoms with Gasteiger partial charge < -0.3 is 19.3 Å². The van der Waals surface area contributed by atoms with Gasteiger partial charge in [-0.2, -0.15) is 0 Å². The minimum absolute atomic E-state index is 0.0279. The van der Waals surface area contributed by atoms with E-state index in [4.69, 9.17) is 9.47 Å². The Labute approximate surface area is 205 Å². The van der Waals surface area contributed by atoms with Gasteiger partial charge in [-0.05, 0) is 37.8 Å². The molecule has 3 atom stereocenters. The van der Waals surface area contributed by atoms with Crippen LogP contribution in [-0.4, -0.2) is 70.0 Å². The lowest BCUT2D eigenvalue weighted by Crippen LogP contribution is -2.45. The smallest absolute Gasteiger partial charge is 0.242 e. The average Bonchev–Trinajstić information content (AvgIpc) is 3.18. The number of aromatic nitrogens is 2. The van der Waals surface area contributed by atoms with Crippen molar-refractivity contribution >= 4 is 23.2 Å². The summed E-state index contributed by atoms with van der Waals surface area (Å²) in [5.74, 6) is 0.182. The van der Waals surface area contributed by atoms with Gasteiger partial charge in [0.1, 0.15) is 0 Å². The molecule has 2 aliphatic heterocycles. The van der Waals surface area contributed by atoms with Crippen molar-refractivity contribution in [1.82, 2.24) is 19.8 Å². The maximum Gasteiger partial charge on any atom is 0.242 e. The first-order chi connectivity index (χ1) is 16.4. The third-order valence-corrected chi connectivity index (χ3v) is 7.28. The van der Waals surface area contributed by atoms with E-state index in [1.165, 1.54) is 0 Å². The molecule has 0 aromatic carbocycles. The number of nitrogens with zero attached hydrogens (tertiary/aromatic N) is 4. The minimum atomic E-state index is -0.308. The molecule has 34 heavy (non-hydrogen) atoms. The Hall–Kier alpha value is -2.36. The van der Waals surface area contributed by atoms with Gasteiger partial charge in [-0.25, -0.2) is 4.98 Å². The second-order valence-corrected chi connectivity index (χ2v) is 10.5. The molecule has 184 valence electrons. The highest BCUT2D eigenvalue weighted by molar-refractivity contribution is 7.09. The van der Waals surface area contributed by atoms with Crippen molar-refractivity contribution in [1.29, 1.82) is 0 Å². The van der Waals surface area contributed by atoms with E-state index in [0.29, 0.717) is 51.6 Å². The molecule has 4 rings (SSSR count). The summed E-state index contributed by atoms with van der Waals surface area (Å²) in [7, 11) is 0. The van der Waals surface area contributed by atoms with E-state index < -0.39 is 0 Å². The average molecular weight is 487 g/mol. The largest absolute Gasteiger partial charge is 0.378 e. The van der Waals surface area contributed by atoms with Crippen molar-refractivity contribution in [3.63, 3.8) is 0 Å². The van der Waals surface area contributed by atoms with Crippen LogP contribution in [0.3, 0.4) is 0 Å². The predicted molar refractivity (Wildman–Crippen MR) is 129 cm³/mol. The number of hydrogen-bond donors (Lipinski definition) is 0. The number of pyridine rings is 1. The maximum atomic E-state index is 13.5. The standard InChI is InChI=1S/C25H34N4O4S/c1-17(2)23-10-19(7-9-32-23)25(31)29-13-22(33-15-20-6-4-5-8-26-20)12-28(24(30)14-29)11-21-16-34-18(3)27-21/h4-6,8,16-17,19,22-23H,7,9-15H2,1-3H3/t19-,22-,23+/m0/s1. The van der Waals surface area contributed by atoms with Gasteiger partial charge in [0.2, 0.25) is 11.8 Å². The molecule has 2 aromatic rings. The number of ether oxygens (including phenoxy) is 2. The van der Waals surface area contributed by atoms with E-state index in [2.05, 4.69) is 23.8 Å². The highest BCUT2D eigenvalue weighted by Crippen LogP contribution is 2.27. The third-order valence-electron chi connectivity index (χ3n) is 6.46. The minimum Gasteiger partial charge on any atom is -0.378 e. The van der Waals surface area contributed by atoms with Crippen LogP contribution in [0.2, 0.25) is 0 Å². The van der Waals surface area contributed by atoms with E-state index in [-0.39, 0.29) is 36.5 Å². The molecule has 2 amide bonds. The zero-order chi connectivity index (χ0) is 24.1. The lowest BCUT2D eigenvalue weighted by atomic mass is 9.89. The van der Waals surface area contributed by atoms with Gasteiger partial charge in [-0.15, -0.1) is 11.3 Å². The SMILES string of the molecule is Cc1nc(CN2C[C@H](OCc3ccccn3)CN(C(=O)[C@H]3CCO[C@@H](C(C)C)C3)CC2=O)cs1. The third kappa shape index (κ3) is 6.40. The van der Waals surface area contributed by atoms with Crippen molar-refractivity contribution in [2.24, 2.45) is 11.8 Å². The Kier molecular flexibility index (Phi) is 8.28. The quantitative estimate of drug-likeness (QED) is 0.598. The van der Waals surface area contributed by atoms with Crippen LogP contribution in [0.4, 0.5) is 0 Å². The summed E-state index contributed by atoms with van der Waals surface area (Å²) in [5.41, 5.74) is 1.69. The highest BCUT2D eigenvalue weighted by Gasteiger charge is 2.36. The van der Waals surface area contributed by atoms with Crippen molar-refractivity contribution in [3.8, 4) is 0 Å². The molecule has 2 fully saturated rings. The van der Waals surface area contributed by atoms with Gasteiger partial charge in [-0.3, -0.25) is 14.6 Å². The Morgan fingerprint density at radius 2 is 2.15 bits per heavy atom. The molecule has 0 aliphatic carbocycles. The topological polar surface area (TPSA) is 84.9 Å². The molecule has 0 radical (unpaired) electrons. The zero-order valence-corrected chi connectivity index (χ0v) is 21.0. The van der Waals surface area contributed by atoms with Crippen molar-refractivity contribution in [3.05, 3.63) is 46.2 Å². The Bertz CT molecular complexity index is 967. The van der Waals surface area contributed by atoms with Crippen LogP contribution < -0.4 is 0 Å². The lowest BCUT2D eigenvalue weighted by molar-refractivity contribution is -0.146. The summed E-state index contributed by atoms with van der Waals surface area (Å²) in [6.45, 7) is 8.38. The fourth-order valence-corrected chi connectivity index (χ4v) is 5.15. The number of aryl methyl sites for hydroxylation is 1. The molecule has 2 saturated heterocycles. The van der Waals surface area contributed by atoms with E-state index in [1.807, 2.05) is 30.5 Å². The van der Waals surface area contributed by atoms with Crippen LogP contribution in [0.1, 0.15) is 43.1 Å². The van der Waals surface area contributed by atoms with Gasteiger partial charge >= 0.3 is 0 Å². The molecule has 0 spiro atoms. The number of thiazole rings is 1. The Balaban J connectivity index is 1.48. The summed E-state index contributed by atoms with van der Waals surface area (Å²) < 4.78 is 12.1. The summed E-state index contributed by atoms with van der Waals surface area (Å²) >= 11 is 1.57. The van der Waals surface area contributed by atoms with Gasteiger partial charge in [-0.1, -0.05) is 19.9 Å². The van der Waals surface area contributed by atoms with Crippen LogP contribution in [0.15, 0.2) is 29.8 Å². The van der Waals surface area contributed by atoms with Crippen LogP contribution in [0.5, 0.6) is 0 Å². The Morgan fingerprint density at radius 3 is 2.85 bits per heavy atom. The fourth-order valence-electron chi connectivity index (χ4n) is 4.54. The molecule has 2 aromatic heterocycles. The first-order valence-corrected chi connectivity index (χ1v) is 12.9. The monoisotopic (exact) mass is 486 g/mol. The van der Waals surface area contributed by atoms with Crippen LogP contribution in [-0.2, 0) is 32.2 Å². The van der Waals surface area contributed by atoms with Crippen molar-refractivity contribution in [2.45, 2.75) is 59.0 Å². The number of rotatable bonds is 7. The van der Waals surface area contributed by atoms with Gasteiger partial charge in [0.25, 0.3) is 0 Å². The molecular formula is C25H34N4O4S. The number of carbonyl (C=O) groups excluding carboxylic acids is 2. The van der Waals surface area contributed by atoms with Crippen LogP contribution in [0.25, 0.3) is 0 Å². The van der Waals surface area contributed by atoms with Crippen molar-refractivity contribution < 1.29 is 19.1 Å². The van der Waals surface area contributed by atoms with Gasteiger partial charge in [0.15, 0.2) is 0 Å². The summed E-state index contributed by atoms with van der Waals surface area (Å²) in [4.78, 5) is 39.1. The second kappa shape index (κ2) is 11.4. The lowest BCUT2D eigenvalue weighted by Gasteiger charge is -2.34. The molecular weight excluding hydrogens is 452 g/mol. The molecule has 2 aliphatic rings. The summed E-state index contributed by atoms with van der Waals surface area (Å²) in [6.07, 6.45) is 2.89. The first-order valence-electron chi connectivity index (χ1n) is 12.0. The molecule has 4 heterocycles. The summed E-state index contributed by atoms with van der Waals surface area (Å²) in [5, 5.41) is 2.95.